The molecule has 1 heterocycles. The van der Waals surface area contributed by atoms with Gasteiger partial charge in [0.2, 0.25) is 0 Å². The highest BCUT2D eigenvalue weighted by atomic mass is 127. The Morgan fingerprint density at radius 2 is 1.89 bits per heavy atom. The lowest BCUT2D eigenvalue weighted by atomic mass is 9.73. The van der Waals surface area contributed by atoms with Gasteiger partial charge in [0.15, 0.2) is 5.96 Å². The molecule has 1 saturated heterocycles. The summed E-state index contributed by atoms with van der Waals surface area (Å²) >= 11 is 0. The second kappa shape index (κ2) is 10.5. The van der Waals surface area contributed by atoms with E-state index in [0.717, 1.165) is 31.6 Å². The van der Waals surface area contributed by atoms with Crippen molar-refractivity contribution in [1.29, 1.82) is 0 Å². The first-order chi connectivity index (χ1) is 12.2. The van der Waals surface area contributed by atoms with Crippen molar-refractivity contribution in [3.63, 3.8) is 0 Å². The zero-order chi connectivity index (χ0) is 19.4. The topological polar surface area (TPSA) is 51.1 Å². The van der Waals surface area contributed by atoms with Gasteiger partial charge in [-0.05, 0) is 26.7 Å². The number of rotatable bonds is 4. The van der Waals surface area contributed by atoms with Gasteiger partial charge in [0.1, 0.15) is 6.04 Å². The summed E-state index contributed by atoms with van der Waals surface area (Å²) in [6.07, 6.45) is -0.600. The smallest absolute Gasteiger partial charge is 0.392 e. The van der Waals surface area contributed by atoms with Gasteiger partial charge in [-0.1, -0.05) is 19.8 Å². The van der Waals surface area contributed by atoms with Crippen molar-refractivity contribution in [2.24, 2.45) is 10.4 Å². The quantitative estimate of drug-likeness (QED) is 0.350. The summed E-state index contributed by atoms with van der Waals surface area (Å²) in [7, 11) is 0. The number of nitrogens with one attached hydrogen (secondary N) is 1. The second-order valence-electron chi connectivity index (χ2n) is 7.83. The van der Waals surface area contributed by atoms with Crippen LogP contribution in [0.2, 0.25) is 0 Å². The number of aliphatic hydroxyl groups is 1. The SMILES string of the molecule is CCNC(=NCC1(C)CCCCC1O)N1CCN(C(C)C(F)(F)F)CC1.I. The van der Waals surface area contributed by atoms with E-state index in [-0.39, 0.29) is 35.5 Å². The number of alkyl halides is 3. The molecule has 2 rings (SSSR count). The number of aliphatic hydroxyl groups excluding tert-OH is 1. The summed E-state index contributed by atoms with van der Waals surface area (Å²) in [4.78, 5) is 8.24. The van der Waals surface area contributed by atoms with Crippen LogP contribution >= 0.6 is 24.0 Å². The van der Waals surface area contributed by atoms with Gasteiger partial charge in [0.25, 0.3) is 0 Å². The Morgan fingerprint density at radius 3 is 2.41 bits per heavy atom. The van der Waals surface area contributed by atoms with Crippen molar-refractivity contribution in [2.45, 2.75) is 64.8 Å². The van der Waals surface area contributed by atoms with Crippen molar-refractivity contribution >= 4 is 29.9 Å². The third-order valence-corrected chi connectivity index (χ3v) is 5.84. The van der Waals surface area contributed by atoms with E-state index in [1.807, 2.05) is 11.8 Å². The van der Waals surface area contributed by atoms with Crippen LogP contribution in [-0.2, 0) is 0 Å². The molecule has 0 aromatic rings. The van der Waals surface area contributed by atoms with Gasteiger partial charge in [-0.25, -0.2) is 0 Å². The molecule has 0 aromatic heterocycles. The van der Waals surface area contributed by atoms with Gasteiger partial charge in [0, 0.05) is 38.1 Å². The normalized spacial score (nSPS) is 29.2. The summed E-state index contributed by atoms with van der Waals surface area (Å²) in [5, 5.41) is 13.6. The van der Waals surface area contributed by atoms with Gasteiger partial charge in [-0.3, -0.25) is 9.89 Å². The number of piperazine rings is 1. The van der Waals surface area contributed by atoms with Crippen LogP contribution in [0, 0.1) is 5.41 Å². The van der Waals surface area contributed by atoms with Crippen LogP contribution in [-0.4, -0.2) is 78.5 Å². The number of hydrogen-bond donors (Lipinski definition) is 2. The van der Waals surface area contributed by atoms with Crippen molar-refractivity contribution < 1.29 is 18.3 Å². The first kappa shape index (κ1) is 24.7. The van der Waals surface area contributed by atoms with E-state index in [1.54, 1.807) is 0 Å². The van der Waals surface area contributed by atoms with Crippen LogP contribution in [0.1, 0.15) is 46.5 Å². The van der Waals surface area contributed by atoms with Crippen LogP contribution in [0.3, 0.4) is 0 Å². The largest absolute Gasteiger partial charge is 0.403 e. The van der Waals surface area contributed by atoms with Crippen LogP contribution in [0.4, 0.5) is 13.2 Å². The van der Waals surface area contributed by atoms with E-state index in [0.29, 0.717) is 39.3 Å². The maximum atomic E-state index is 12.9. The van der Waals surface area contributed by atoms with E-state index in [2.05, 4.69) is 12.2 Å². The Hall–Kier alpha value is -0.290. The molecule has 3 unspecified atom stereocenters. The molecule has 0 spiro atoms. The van der Waals surface area contributed by atoms with Crippen LogP contribution in [0.5, 0.6) is 0 Å². The van der Waals surface area contributed by atoms with E-state index in [1.165, 1.54) is 11.8 Å². The van der Waals surface area contributed by atoms with Crippen molar-refractivity contribution in [2.75, 3.05) is 39.3 Å². The van der Waals surface area contributed by atoms with Crippen molar-refractivity contribution in [1.82, 2.24) is 15.1 Å². The molecule has 0 amide bonds. The molecule has 2 aliphatic rings. The molecule has 2 N–H and O–H groups in total. The van der Waals surface area contributed by atoms with Crippen LogP contribution in [0.25, 0.3) is 0 Å². The second-order valence-corrected chi connectivity index (χ2v) is 7.83. The number of aliphatic imine (C=N–C) groups is 1. The summed E-state index contributed by atoms with van der Waals surface area (Å²) in [5.74, 6) is 0.741. The molecule has 2 fully saturated rings. The number of guanidine groups is 1. The van der Waals surface area contributed by atoms with Gasteiger partial charge in [-0.2, -0.15) is 13.2 Å². The summed E-state index contributed by atoms with van der Waals surface area (Å²) in [6, 6.07) is -1.42. The third kappa shape index (κ3) is 6.62. The molecule has 1 aliphatic heterocycles. The van der Waals surface area contributed by atoms with Gasteiger partial charge in [0.05, 0.1) is 12.6 Å². The molecule has 1 saturated carbocycles. The fraction of sp³-hybridized carbons (Fsp3) is 0.944. The average Bonchev–Trinajstić information content (AvgIpc) is 2.60. The molecule has 0 bridgehead atoms. The average molecular weight is 506 g/mol. The van der Waals surface area contributed by atoms with Gasteiger partial charge >= 0.3 is 6.18 Å². The fourth-order valence-electron chi connectivity index (χ4n) is 3.78. The standard InChI is InChI=1S/C18H33F3N4O.HI/c1-4-22-16(23-13-17(3)8-6-5-7-15(17)26)25-11-9-24(10-12-25)14(2)18(19,20)21;/h14-15,26H,4-13H2,1-3H3,(H,22,23);1H. The van der Waals surface area contributed by atoms with Crippen molar-refractivity contribution in [3.05, 3.63) is 0 Å². The summed E-state index contributed by atoms with van der Waals surface area (Å²) in [5.41, 5.74) is -0.217. The number of hydrogen-bond acceptors (Lipinski definition) is 3. The Labute approximate surface area is 177 Å². The molecule has 1 aliphatic carbocycles. The number of nitrogens with zero attached hydrogens (tertiary/aromatic N) is 3. The Morgan fingerprint density at radius 1 is 1.26 bits per heavy atom. The molecular weight excluding hydrogens is 472 g/mol. The lowest BCUT2D eigenvalue weighted by Crippen LogP contribution is -2.57. The van der Waals surface area contributed by atoms with Gasteiger partial charge < -0.3 is 15.3 Å². The molecular formula is C18H34F3IN4O. The number of halogens is 4. The zero-order valence-corrected chi connectivity index (χ0v) is 18.9. The van der Waals surface area contributed by atoms with Crippen molar-refractivity contribution in [3.8, 4) is 0 Å². The maximum absolute atomic E-state index is 12.9. The molecule has 9 heteroatoms. The highest BCUT2D eigenvalue weighted by Gasteiger charge is 2.41. The monoisotopic (exact) mass is 506 g/mol. The maximum Gasteiger partial charge on any atom is 0.403 e. The molecule has 27 heavy (non-hydrogen) atoms. The van der Waals surface area contributed by atoms with E-state index in [9.17, 15) is 18.3 Å². The molecule has 160 valence electrons. The first-order valence-electron chi connectivity index (χ1n) is 9.69. The van der Waals surface area contributed by atoms with E-state index < -0.39 is 12.2 Å². The third-order valence-electron chi connectivity index (χ3n) is 5.84. The fourth-order valence-corrected chi connectivity index (χ4v) is 3.78. The van der Waals surface area contributed by atoms with E-state index in [4.69, 9.17) is 4.99 Å². The Kier molecular flexibility index (Phi) is 9.60. The Balaban J connectivity index is 0.00000364. The molecule has 0 radical (unpaired) electrons. The molecule has 3 atom stereocenters. The van der Waals surface area contributed by atoms with Gasteiger partial charge in [-0.15, -0.1) is 24.0 Å². The van der Waals surface area contributed by atoms with Crippen LogP contribution in [0.15, 0.2) is 4.99 Å². The lowest BCUT2D eigenvalue weighted by molar-refractivity contribution is -0.181. The zero-order valence-electron chi connectivity index (χ0n) is 16.6. The molecule has 0 aromatic carbocycles. The first-order valence-corrected chi connectivity index (χ1v) is 9.69. The minimum atomic E-state index is -4.19. The minimum absolute atomic E-state index is 0. The van der Waals surface area contributed by atoms with Crippen LogP contribution < -0.4 is 5.32 Å². The highest BCUT2D eigenvalue weighted by molar-refractivity contribution is 14.0. The summed E-state index contributed by atoms with van der Waals surface area (Å²) < 4.78 is 38.7. The predicted octanol–water partition coefficient (Wildman–Crippen LogP) is 3.08. The lowest BCUT2D eigenvalue weighted by Gasteiger charge is -2.40. The predicted molar refractivity (Wildman–Crippen MR) is 113 cm³/mol. The summed E-state index contributed by atoms with van der Waals surface area (Å²) in [6.45, 7) is 8.29. The van der Waals surface area contributed by atoms with E-state index >= 15 is 0 Å². The minimum Gasteiger partial charge on any atom is -0.392 e. The molecule has 5 nitrogen and oxygen atoms in total. The highest BCUT2D eigenvalue weighted by Crippen LogP contribution is 2.36. The Bertz CT molecular complexity index is 484.